The molecule has 62 heavy (non-hydrogen) atoms. The summed E-state index contributed by atoms with van der Waals surface area (Å²) in [4.78, 5) is 96.7. The molecule has 3 atom stereocenters. The molecular formula is C37H46N12O12S. The minimum Gasteiger partial charge on any atom is -0.381 e. The van der Waals surface area contributed by atoms with Crippen molar-refractivity contribution in [2.75, 3.05) is 52.5 Å². The largest absolute Gasteiger partial charge is 0.381 e. The maximum atomic E-state index is 12.3. The quantitative estimate of drug-likeness (QED) is 0.171. The first-order valence-corrected chi connectivity index (χ1v) is 21.2. The first-order chi connectivity index (χ1) is 29.6. The number of hydrogen-bond donors (Lipinski definition) is 1. The Balaban J connectivity index is 0.000000141. The van der Waals surface area contributed by atoms with E-state index in [0.717, 1.165) is 32.1 Å². The summed E-state index contributed by atoms with van der Waals surface area (Å²) >= 11 is 0. The fraction of sp³-hybridized carbons (Fsp3) is 0.514. The second-order valence-corrected chi connectivity index (χ2v) is 16.4. The Kier molecular flexibility index (Phi) is 14.7. The highest BCUT2D eigenvalue weighted by atomic mass is 32.2. The van der Waals surface area contributed by atoms with Crippen LogP contribution < -0.4 is 33.7 Å². The minimum absolute atomic E-state index is 0.215. The second kappa shape index (κ2) is 20.1. The maximum Gasteiger partial charge on any atom is 0.332 e. The first-order valence-electron chi connectivity index (χ1n) is 19.4. The third kappa shape index (κ3) is 10.8. The summed E-state index contributed by atoms with van der Waals surface area (Å²) in [6, 6.07) is 0. The number of ether oxygens (including phenoxy) is 3. The van der Waals surface area contributed by atoms with Crippen molar-refractivity contribution in [1.82, 2.24) is 57.7 Å². The van der Waals surface area contributed by atoms with Gasteiger partial charge in [-0.15, -0.1) is 0 Å². The number of aromatic nitrogens is 12. The van der Waals surface area contributed by atoms with Crippen molar-refractivity contribution in [2.24, 2.45) is 38.9 Å². The van der Waals surface area contributed by atoms with Gasteiger partial charge < -0.3 is 14.2 Å². The topological polar surface area (TPSA) is 291 Å². The summed E-state index contributed by atoms with van der Waals surface area (Å²) in [7, 11) is 1.49. The van der Waals surface area contributed by atoms with Crippen LogP contribution >= 0.6 is 0 Å². The van der Waals surface area contributed by atoms with Crippen LogP contribution in [0.15, 0.2) is 66.3 Å². The molecule has 3 aliphatic heterocycles. The van der Waals surface area contributed by atoms with Gasteiger partial charge in [-0.1, -0.05) is 0 Å². The molecule has 6 aromatic rings. The molecule has 1 N–H and O–H groups in total. The van der Waals surface area contributed by atoms with E-state index >= 15 is 0 Å². The van der Waals surface area contributed by atoms with Crippen molar-refractivity contribution < 1.29 is 26.8 Å². The van der Waals surface area contributed by atoms with Gasteiger partial charge in [0.15, 0.2) is 16.9 Å². The van der Waals surface area contributed by atoms with E-state index in [4.69, 9.17) is 14.2 Å². The highest BCUT2D eigenvalue weighted by Crippen LogP contribution is 2.15. The monoisotopic (exact) mass is 882 g/mol. The van der Waals surface area contributed by atoms with Crippen LogP contribution in [0.3, 0.4) is 0 Å². The lowest BCUT2D eigenvalue weighted by Crippen LogP contribution is -2.41. The number of nitrogens with one attached hydrogen (secondary N) is 1. The zero-order valence-corrected chi connectivity index (χ0v) is 35.2. The second-order valence-electron chi connectivity index (χ2n) is 14.8. The first kappa shape index (κ1) is 45.4. The van der Waals surface area contributed by atoms with Gasteiger partial charge in [0, 0.05) is 90.4 Å². The number of nitrogens with zero attached hydrogens (tertiary/aromatic N) is 11. The zero-order valence-electron chi connectivity index (χ0n) is 34.4. The van der Waals surface area contributed by atoms with Gasteiger partial charge in [0.25, 0.3) is 26.8 Å². The highest BCUT2D eigenvalue weighted by molar-refractivity contribution is 7.85. The Morgan fingerprint density at radius 2 is 1.03 bits per heavy atom. The van der Waals surface area contributed by atoms with Crippen LogP contribution in [0.4, 0.5) is 0 Å². The van der Waals surface area contributed by atoms with Crippen molar-refractivity contribution in [1.29, 1.82) is 0 Å². The Hall–Kier alpha value is -6.15. The minimum atomic E-state index is -3.27. The summed E-state index contributed by atoms with van der Waals surface area (Å²) in [6.45, 7) is 4.95. The van der Waals surface area contributed by atoms with Gasteiger partial charge in [-0.2, -0.15) is 8.42 Å². The molecule has 25 heteroatoms. The van der Waals surface area contributed by atoms with Gasteiger partial charge in [-0.25, -0.2) is 44.3 Å². The van der Waals surface area contributed by atoms with E-state index in [9.17, 15) is 37.2 Å². The van der Waals surface area contributed by atoms with Gasteiger partial charge in [0.05, 0.1) is 32.7 Å². The Bertz CT molecular complexity index is 2890. The molecule has 332 valence electrons. The predicted octanol–water partition coefficient (Wildman–Crippen LogP) is -1.93. The average molecular weight is 883 g/mol. The molecule has 0 radical (unpaired) electrons. The van der Waals surface area contributed by atoms with Gasteiger partial charge >= 0.3 is 17.1 Å². The van der Waals surface area contributed by atoms with Crippen LogP contribution in [0.5, 0.6) is 0 Å². The molecule has 6 aromatic heterocycles. The number of aromatic amines is 1. The predicted molar refractivity (Wildman–Crippen MR) is 221 cm³/mol. The lowest BCUT2D eigenvalue weighted by atomic mass is 10.1. The van der Waals surface area contributed by atoms with Crippen LogP contribution in [0.2, 0.25) is 0 Å². The van der Waals surface area contributed by atoms with E-state index in [1.807, 2.05) is 0 Å². The van der Waals surface area contributed by atoms with Gasteiger partial charge in [-0.05, 0) is 19.3 Å². The maximum absolute atomic E-state index is 12.3. The number of rotatable bonds is 7. The van der Waals surface area contributed by atoms with E-state index in [1.165, 1.54) is 67.5 Å². The summed E-state index contributed by atoms with van der Waals surface area (Å²) in [5.41, 5.74) is -1.21. The average Bonchev–Trinajstić information content (AvgIpc) is 4.10. The van der Waals surface area contributed by atoms with E-state index in [-0.39, 0.29) is 46.9 Å². The fourth-order valence-corrected chi connectivity index (χ4v) is 7.25. The molecule has 3 aliphatic rings. The van der Waals surface area contributed by atoms with Crippen LogP contribution in [0.1, 0.15) is 19.3 Å². The smallest absolute Gasteiger partial charge is 0.332 e. The van der Waals surface area contributed by atoms with E-state index in [0.29, 0.717) is 79.2 Å². The lowest BCUT2D eigenvalue weighted by molar-refractivity contribution is 0.169. The summed E-state index contributed by atoms with van der Waals surface area (Å²) in [5.74, 6) is 0.685. The normalized spacial score (nSPS) is 18.5. The summed E-state index contributed by atoms with van der Waals surface area (Å²) < 4.78 is 47.8. The number of hydrogen-bond acceptors (Lipinski definition) is 18. The number of fused-ring (bicyclic) bond motifs is 3. The molecule has 3 saturated heterocycles. The molecule has 24 nitrogen and oxygen atoms in total. The standard InChI is InChI=1S/2C12H14N4O3.C7H6N4O2.C6H12O4S/c2*1-15-10-9(4-13-7-14-10)11(17)16(12(15)18)5-8-2-3-19-6-8;1-11-5-4(2-8-3-9-5)6(12)10-7(11)13;1-11(7,8)10-5-6-2-3-9-4-6/h2*4,7-8H,2-3,5-6H2,1H3;2-3H,1H3,(H,10,12,13);6H,2-5H2,1H3. The van der Waals surface area contributed by atoms with Crippen LogP contribution in [-0.4, -0.2) is 119 Å². The van der Waals surface area contributed by atoms with Crippen LogP contribution in [0, 0.1) is 17.8 Å². The van der Waals surface area contributed by atoms with Crippen molar-refractivity contribution in [2.45, 2.75) is 32.4 Å². The van der Waals surface area contributed by atoms with Crippen molar-refractivity contribution in [3.05, 3.63) is 100 Å². The Morgan fingerprint density at radius 3 is 1.44 bits per heavy atom. The summed E-state index contributed by atoms with van der Waals surface area (Å²) in [5, 5.41) is 1.04. The molecule has 0 spiro atoms. The Morgan fingerprint density at radius 1 is 0.629 bits per heavy atom. The van der Waals surface area contributed by atoms with Gasteiger partial charge in [0.1, 0.15) is 35.1 Å². The van der Waals surface area contributed by atoms with E-state index in [1.54, 1.807) is 14.1 Å². The molecule has 9 rings (SSSR count). The fourth-order valence-electron chi connectivity index (χ4n) is 6.81. The molecule has 0 bridgehead atoms. The van der Waals surface area contributed by atoms with Crippen molar-refractivity contribution >= 4 is 43.2 Å². The molecule has 9 heterocycles. The summed E-state index contributed by atoms with van der Waals surface area (Å²) in [6.07, 6.45) is 11.9. The van der Waals surface area contributed by atoms with Gasteiger partial charge in [-0.3, -0.25) is 46.4 Å². The van der Waals surface area contributed by atoms with Gasteiger partial charge in [0.2, 0.25) is 0 Å². The molecule has 0 aliphatic carbocycles. The van der Waals surface area contributed by atoms with Crippen LogP contribution in [-0.2, 0) is 62.7 Å². The molecule has 0 aromatic carbocycles. The van der Waals surface area contributed by atoms with Crippen molar-refractivity contribution in [3.63, 3.8) is 0 Å². The number of aryl methyl sites for hydroxylation is 3. The van der Waals surface area contributed by atoms with E-state index in [2.05, 4.69) is 39.1 Å². The molecule has 3 unspecified atom stereocenters. The molecule has 0 amide bonds. The molecular weight excluding hydrogens is 837 g/mol. The van der Waals surface area contributed by atoms with Crippen LogP contribution in [0.25, 0.3) is 33.1 Å². The lowest BCUT2D eigenvalue weighted by Gasteiger charge is -2.12. The molecule has 0 saturated carbocycles. The highest BCUT2D eigenvalue weighted by Gasteiger charge is 2.22. The third-order valence-corrected chi connectivity index (χ3v) is 10.8. The SMILES string of the molecule is CS(=O)(=O)OCC1CCOC1.Cn1c(=O)[nH]c(=O)c2cncnc21.Cn1c(=O)n(CC2CCOC2)c(=O)c2cncnc21.Cn1c(=O)n(CC2CCOC2)c(=O)c2cncnc21. The van der Waals surface area contributed by atoms with E-state index < -0.39 is 21.4 Å². The van der Waals surface area contributed by atoms with Crippen molar-refractivity contribution in [3.8, 4) is 0 Å². The Labute approximate surface area is 350 Å². The third-order valence-electron chi connectivity index (χ3n) is 10.3. The molecule has 3 fully saturated rings. The zero-order chi connectivity index (χ0) is 44.6. The number of H-pyrrole nitrogens is 1.